The molecule has 1 aliphatic heterocycles. The summed E-state index contributed by atoms with van der Waals surface area (Å²) in [6.07, 6.45) is 6.72. The summed E-state index contributed by atoms with van der Waals surface area (Å²) >= 11 is 0. The molecule has 0 spiro atoms. The van der Waals surface area contributed by atoms with Gasteiger partial charge in [-0.3, -0.25) is 0 Å². The van der Waals surface area contributed by atoms with E-state index in [0.29, 0.717) is 12.6 Å². The number of piperidine rings is 1. The Hall–Kier alpha value is -1.72. The standard InChI is InChI=1S/C19H28N4O/c1-24-14-6-8-15-7-4-5-13-23(15)19-16-9-2-3-10-17(16)21-18(22-19)11-12-20/h2-3,9-10,15H,4-8,11-14,20H2,1H3/t15-/m0/s1. The minimum atomic E-state index is 0.540. The molecule has 5 heteroatoms. The van der Waals surface area contributed by atoms with Crippen molar-refractivity contribution < 1.29 is 4.74 Å². The normalized spacial score (nSPS) is 18.2. The van der Waals surface area contributed by atoms with E-state index in [2.05, 4.69) is 28.1 Å². The molecule has 1 aliphatic rings. The summed E-state index contributed by atoms with van der Waals surface area (Å²) in [5.74, 6) is 1.94. The van der Waals surface area contributed by atoms with Gasteiger partial charge in [-0.05, 0) is 50.8 Å². The van der Waals surface area contributed by atoms with Crippen LogP contribution in [0.15, 0.2) is 24.3 Å². The van der Waals surface area contributed by atoms with Crippen LogP contribution in [0.2, 0.25) is 0 Å². The van der Waals surface area contributed by atoms with E-state index in [4.69, 9.17) is 15.5 Å². The average molecular weight is 328 g/mol. The summed E-state index contributed by atoms with van der Waals surface area (Å²) in [7, 11) is 1.77. The summed E-state index contributed by atoms with van der Waals surface area (Å²) in [5.41, 5.74) is 6.75. The number of ether oxygens (including phenoxy) is 1. The molecule has 2 heterocycles. The zero-order chi connectivity index (χ0) is 16.8. The second kappa shape index (κ2) is 8.40. The van der Waals surface area contributed by atoms with Crippen LogP contribution in [0.25, 0.3) is 10.9 Å². The lowest BCUT2D eigenvalue weighted by Gasteiger charge is -2.37. The SMILES string of the molecule is COCCC[C@@H]1CCCCN1c1nc(CCN)nc2ccccc12. The maximum atomic E-state index is 5.73. The first-order chi connectivity index (χ1) is 11.8. The monoisotopic (exact) mass is 328 g/mol. The van der Waals surface area contributed by atoms with Crippen molar-refractivity contribution in [3.63, 3.8) is 0 Å². The molecule has 2 N–H and O–H groups in total. The number of para-hydroxylation sites is 1. The van der Waals surface area contributed by atoms with Crippen molar-refractivity contribution in [1.82, 2.24) is 9.97 Å². The molecular formula is C19H28N4O. The van der Waals surface area contributed by atoms with Gasteiger partial charge < -0.3 is 15.4 Å². The highest BCUT2D eigenvalue weighted by molar-refractivity contribution is 5.89. The molecule has 1 fully saturated rings. The molecule has 1 atom stereocenters. The largest absolute Gasteiger partial charge is 0.385 e. The highest BCUT2D eigenvalue weighted by atomic mass is 16.5. The van der Waals surface area contributed by atoms with E-state index in [9.17, 15) is 0 Å². The van der Waals surface area contributed by atoms with Crippen LogP contribution in [0.4, 0.5) is 5.82 Å². The molecule has 0 radical (unpaired) electrons. The number of nitrogens with two attached hydrogens (primary N) is 1. The maximum absolute atomic E-state index is 5.73. The van der Waals surface area contributed by atoms with Gasteiger partial charge in [0, 0.05) is 38.1 Å². The van der Waals surface area contributed by atoms with Crippen molar-refractivity contribution >= 4 is 16.7 Å². The van der Waals surface area contributed by atoms with Crippen molar-refractivity contribution in [1.29, 1.82) is 0 Å². The van der Waals surface area contributed by atoms with E-state index in [1.807, 2.05) is 6.07 Å². The van der Waals surface area contributed by atoms with Gasteiger partial charge in [0.25, 0.3) is 0 Å². The van der Waals surface area contributed by atoms with Crippen LogP contribution < -0.4 is 10.6 Å². The van der Waals surface area contributed by atoms with Crippen molar-refractivity contribution in [2.24, 2.45) is 5.73 Å². The Bertz CT molecular complexity index is 661. The van der Waals surface area contributed by atoms with Crippen LogP contribution in [-0.4, -0.2) is 42.8 Å². The number of fused-ring (bicyclic) bond motifs is 1. The molecule has 0 bridgehead atoms. The number of methoxy groups -OCH3 is 1. The van der Waals surface area contributed by atoms with Crippen LogP contribution in [0.1, 0.15) is 37.9 Å². The first-order valence-electron chi connectivity index (χ1n) is 9.05. The van der Waals surface area contributed by atoms with Gasteiger partial charge in [-0.25, -0.2) is 9.97 Å². The van der Waals surface area contributed by atoms with Crippen LogP contribution in [-0.2, 0) is 11.2 Å². The molecule has 0 unspecified atom stereocenters. The van der Waals surface area contributed by atoms with Gasteiger partial charge in [-0.15, -0.1) is 0 Å². The number of anilines is 1. The Labute approximate surface area is 144 Å². The Kier molecular flexibility index (Phi) is 5.99. The van der Waals surface area contributed by atoms with Crippen LogP contribution in [0, 0.1) is 0 Å². The lowest BCUT2D eigenvalue weighted by atomic mass is 9.97. The van der Waals surface area contributed by atoms with Gasteiger partial charge in [-0.2, -0.15) is 0 Å². The van der Waals surface area contributed by atoms with E-state index < -0.39 is 0 Å². The lowest BCUT2D eigenvalue weighted by molar-refractivity contribution is 0.188. The Morgan fingerprint density at radius 2 is 2.12 bits per heavy atom. The molecule has 1 aromatic heterocycles. The van der Waals surface area contributed by atoms with Gasteiger partial charge in [0.1, 0.15) is 11.6 Å². The van der Waals surface area contributed by atoms with Crippen molar-refractivity contribution in [2.45, 2.75) is 44.6 Å². The number of benzene rings is 1. The number of hydrogen-bond donors (Lipinski definition) is 1. The van der Waals surface area contributed by atoms with E-state index in [1.54, 1.807) is 7.11 Å². The first-order valence-corrected chi connectivity index (χ1v) is 9.05. The van der Waals surface area contributed by atoms with Crippen molar-refractivity contribution in [2.75, 3.05) is 31.7 Å². The molecule has 1 aromatic carbocycles. The van der Waals surface area contributed by atoms with Gasteiger partial charge in [0.2, 0.25) is 0 Å². The fourth-order valence-corrected chi connectivity index (χ4v) is 3.61. The second-order valence-electron chi connectivity index (χ2n) is 6.50. The minimum absolute atomic E-state index is 0.540. The molecule has 24 heavy (non-hydrogen) atoms. The smallest absolute Gasteiger partial charge is 0.140 e. The molecular weight excluding hydrogens is 300 g/mol. The van der Waals surface area contributed by atoms with Gasteiger partial charge >= 0.3 is 0 Å². The summed E-state index contributed by atoms with van der Waals surface area (Å²) in [5, 5.41) is 1.15. The van der Waals surface area contributed by atoms with Gasteiger partial charge in [0.05, 0.1) is 5.52 Å². The number of hydrogen-bond acceptors (Lipinski definition) is 5. The molecule has 0 saturated carbocycles. The van der Waals surface area contributed by atoms with Crippen LogP contribution in [0.3, 0.4) is 0 Å². The molecule has 1 saturated heterocycles. The molecule has 130 valence electrons. The summed E-state index contributed by atoms with van der Waals surface area (Å²) < 4.78 is 5.24. The fourth-order valence-electron chi connectivity index (χ4n) is 3.61. The summed E-state index contributed by atoms with van der Waals surface area (Å²) in [6, 6.07) is 8.86. The van der Waals surface area contributed by atoms with E-state index >= 15 is 0 Å². The molecule has 2 aromatic rings. The third-order valence-corrected chi connectivity index (χ3v) is 4.78. The minimum Gasteiger partial charge on any atom is -0.385 e. The van der Waals surface area contributed by atoms with Crippen LogP contribution in [0.5, 0.6) is 0 Å². The maximum Gasteiger partial charge on any atom is 0.140 e. The second-order valence-corrected chi connectivity index (χ2v) is 6.50. The number of nitrogens with zero attached hydrogens (tertiary/aromatic N) is 3. The van der Waals surface area contributed by atoms with Crippen molar-refractivity contribution in [3.8, 4) is 0 Å². The lowest BCUT2D eigenvalue weighted by Crippen LogP contribution is -2.40. The molecule has 5 nitrogen and oxygen atoms in total. The molecule has 0 aliphatic carbocycles. The molecule has 3 rings (SSSR count). The Morgan fingerprint density at radius 1 is 1.25 bits per heavy atom. The Balaban J connectivity index is 1.95. The zero-order valence-corrected chi connectivity index (χ0v) is 14.6. The third-order valence-electron chi connectivity index (χ3n) is 4.78. The first kappa shape index (κ1) is 17.1. The zero-order valence-electron chi connectivity index (χ0n) is 14.6. The molecule has 0 amide bonds. The third kappa shape index (κ3) is 3.84. The average Bonchev–Trinajstić information content (AvgIpc) is 2.62. The quantitative estimate of drug-likeness (QED) is 0.792. The number of rotatable bonds is 7. The predicted molar refractivity (Wildman–Crippen MR) is 98.4 cm³/mol. The topological polar surface area (TPSA) is 64.3 Å². The fraction of sp³-hybridized carbons (Fsp3) is 0.579. The Morgan fingerprint density at radius 3 is 2.96 bits per heavy atom. The highest BCUT2D eigenvalue weighted by Crippen LogP contribution is 2.31. The van der Waals surface area contributed by atoms with Gasteiger partial charge in [-0.1, -0.05) is 12.1 Å². The predicted octanol–water partition coefficient (Wildman–Crippen LogP) is 2.92. The van der Waals surface area contributed by atoms with E-state index in [-0.39, 0.29) is 0 Å². The van der Waals surface area contributed by atoms with Crippen LogP contribution >= 0.6 is 0 Å². The number of aromatic nitrogens is 2. The van der Waals surface area contributed by atoms with E-state index in [1.165, 1.54) is 19.3 Å². The van der Waals surface area contributed by atoms with Crippen molar-refractivity contribution in [3.05, 3.63) is 30.1 Å². The van der Waals surface area contributed by atoms with Gasteiger partial charge in [0.15, 0.2) is 0 Å². The summed E-state index contributed by atoms with van der Waals surface area (Å²) in [4.78, 5) is 12.1. The highest BCUT2D eigenvalue weighted by Gasteiger charge is 2.25. The summed E-state index contributed by atoms with van der Waals surface area (Å²) in [6.45, 7) is 2.48. The van der Waals surface area contributed by atoms with E-state index in [0.717, 1.165) is 55.0 Å².